The minimum absolute atomic E-state index is 0.225. The molecule has 1 aromatic heterocycles. The summed E-state index contributed by atoms with van der Waals surface area (Å²) >= 11 is 0. The molecule has 0 radical (unpaired) electrons. The molecule has 3 aromatic carbocycles. The van der Waals surface area contributed by atoms with Crippen molar-refractivity contribution in [3.05, 3.63) is 101 Å². The Balaban J connectivity index is 1.31. The van der Waals surface area contributed by atoms with Crippen LogP contribution in [-0.2, 0) is 6.61 Å². The summed E-state index contributed by atoms with van der Waals surface area (Å²) in [6.07, 6.45) is 1.57. The third kappa shape index (κ3) is 4.71. The molecule has 1 heterocycles. The van der Waals surface area contributed by atoms with E-state index in [4.69, 9.17) is 9.15 Å². The Hall–Kier alpha value is -3.86. The second-order valence-corrected chi connectivity index (χ2v) is 6.69. The molecular formula is C24H20N2O3. The van der Waals surface area contributed by atoms with E-state index < -0.39 is 5.91 Å². The van der Waals surface area contributed by atoms with Crippen LogP contribution in [0.5, 0.6) is 5.75 Å². The van der Waals surface area contributed by atoms with Crippen LogP contribution in [0.4, 0.5) is 0 Å². The minimum atomic E-state index is -0.393. The van der Waals surface area contributed by atoms with E-state index in [9.17, 15) is 4.79 Å². The normalized spacial score (nSPS) is 11.1. The van der Waals surface area contributed by atoms with E-state index in [0.717, 1.165) is 22.3 Å². The van der Waals surface area contributed by atoms with Crippen LogP contribution in [0.2, 0.25) is 0 Å². The maximum Gasteiger partial charge on any atom is 0.307 e. The predicted molar refractivity (Wildman–Crippen MR) is 113 cm³/mol. The first-order chi connectivity index (χ1) is 14.2. The van der Waals surface area contributed by atoms with Gasteiger partial charge < -0.3 is 9.15 Å². The van der Waals surface area contributed by atoms with Crippen LogP contribution in [0.3, 0.4) is 0 Å². The average Bonchev–Trinajstić information content (AvgIpc) is 3.19. The second-order valence-electron chi connectivity index (χ2n) is 6.69. The van der Waals surface area contributed by atoms with E-state index in [-0.39, 0.29) is 5.76 Å². The van der Waals surface area contributed by atoms with Crippen LogP contribution >= 0.6 is 0 Å². The number of fused-ring (bicyclic) bond motifs is 1. The van der Waals surface area contributed by atoms with Gasteiger partial charge in [0.1, 0.15) is 17.9 Å². The van der Waals surface area contributed by atoms with E-state index >= 15 is 0 Å². The number of nitrogens with one attached hydrogen (secondary N) is 1. The average molecular weight is 384 g/mol. The monoisotopic (exact) mass is 384 g/mol. The van der Waals surface area contributed by atoms with Crippen LogP contribution in [-0.4, -0.2) is 12.1 Å². The first-order valence-electron chi connectivity index (χ1n) is 9.28. The molecule has 0 aliphatic heterocycles. The van der Waals surface area contributed by atoms with Gasteiger partial charge in [-0.15, -0.1) is 0 Å². The van der Waals surface area contributed by atoms with Crippen LogP contribution in [0.1, 0.15) is 27.2 Å². The number of carbonyl (C=O) groups is 1. The molecule has 29 heavy (non-hydrogen) atoms. The summed E-state index contributed by atoms with van der Waals surface area (Å²) in [4.78, 5) is 12.2. The van der Waals surface area contributed by atoms with Gasteiger partial charge in [0, 0.05) is 5.39 Å². The summed E-state index contributed by atoms with van der Waals surface area (Å²) in [7, 11) is 0. The third-order valence-corrected chi connectivity index (χ3v) is 4.44. The molecule has 0 unspecified atom stereocenters. The van der Waals surface area contributed by atoms with Crippen molar-refractivity contribution in [2.75, 3.05) is 0 Å². The standard InChI is InChI=1S/C24H20N2O3/c1-17-6-8-19(9-7-17)16-28-21-12-10-18(11-13-21)15-25-26-24(27)23-14-20-4-2-3-5-22(20)29-23/h2-15H,16H2,1H3,(H,26,27)/b25-15+. The van der Waals surface area contributed by atoms with Crippen molar-refractivity contribution in [1.82, 2.24) is 5.43 Å². The van der Waals surface area contributed by atoms with Gasteiger partial charge in [0.2, 0.25) is 0 Å². The van der Waals surface area contributed by atoms with Crippen molar-refractivity contribution in [2.45, 2.75) is 13.5 Å². The Kier molecular flexibility index (Phi) is 5.38. The highest BCUT2D eigenvalue weighted by Gasteiger charge is 2.10. The van der Waals surface area contributed by atoms with E-state index in [1.165, 1.54) is 5.56 Å². The van der Waals surface area contributed by atoms with Crippen molar-refractivity contribution in [1.29, 1.82) is 0 Å². The fourth-order valence-electron chi connectivity index (χ4n) is 2.82. The van der Waals surface area contributed by atoms with E-state index in [0.29, 0.717) is 12.2 Å². The summed E-state index contributed by atoms with van der Waals surface area (Å²) < 4.78 is 11.3. The first-order valence-corrected chi connectivity index (χ1v) is 9.28. The zero-order valence-corrected chi connectivity index (χ0v) is 16.0. The summed E-state index contributed by atoms with van der Waals surface area (Å²) in [6.45, 7) is 2.57. The maximum absolute atomic E-state index is 12.2. The number of hydrogen-bond donors (Lipinski definition) is 1. The van der Waals surface area contributed by atoms with Gasteiger partial charge in [0.15, 0.2) is 5.76 Å². The Morgan fingerprint density at radius 3 is 2.55 bits per heavy atom. The van der Waals surface area contributed by atoms with Gasteiger partial charge >= 0.3 is 5.91 Å². The van der Waals surface area contributed by atoms with Crippen LogP contribution < -0.4 is 10.2 Å². The zero-order chi connectivity index (χ0) is 20.1. The zero-order valence-electron chi connectivity index (χ0n) is 16.0. The Morgan fingerprint density at radius 1 is 1.03 bits per heavy atom. The molecule has 0 bridgehead atoms. The largest absolute Gasteiger partial charge is 0.489 e. The number of amides is 1. The molecular weight excluding hydrogens is 364 g/mol. The van der Waals surface area contributed by atoms with Crippen LogP contribution in [0.15, 0.2) is 88.4 Å². The highest BCUT2D eigenvalue weighted by atomic mass is 16.5. The summed E-state index contributed by atoms with van der Waals surface area (Å²) in [5.74, 6) is 0.604. The van der Waals surface area contributed by atoms with Crippen LogP contribution in [0.25, 0.3) is 11.0 Å². The minimum Gasteiger partial charge on any atom is -0.489 e. The number of para-hydroxylation sites is 1. The topological polar surface area (TPSA) is 63.8 Å². The van der Waals surface area contributed by atoms with Crippen molar-refractivity contribution in [2.24, 2.45) is 5.10 Å². The molecule has 0 aliphatic rings. The van der Waals surface area contributed by atoms with E-state index in [1.54, 1.807) is 12.3 Å². The fourth-order valence-corrected chi connectivity index (χ4v) is 2.82. The Bertz CT molecular complexity index is 1110. The fraction of sp³-hybridized carbons (Fsp3) is 0.0833. The molecule has 4 aromatic rings. The molecule has 0 saturated carbocycles. The lowest BCUT2D eigenvalue weighted by Gasteiger charge is -2.06. The number of carbonyl (C=O) groups excluding carboxylic acids is 1. The lowest BCUT2D eigenvalue weighted by Crippen LogP contribution is -2.16. The van der Waals surface area contributed by atoms with Gasteiger partial charge in [-0.1, -0.05) is 48.0 Å². The summed E-state index contributed by atoms with van der Waals surface area (Å²) in [5, 5.41) is 4.87. The number of hydrazone groups is 1. The maximum atomic E-state index is 12.2. The number of rotatable bonds is 6. The molecule has 1 amide bonds. The van der Waals surface area contributed by atoms with Crippen LogP contribution in [0, 0.1) is 6.92 Å². The predicted octanol–water partition coefficient (Wildman–Crippen LogP) is 5.08. The van der Waals surface area contributed by atoms with E-state index in [1.807, 2.05) is 48.5 Å². The van der Waals surface area contributed by atoms with Gasteiger partial charge in [-0.05, 0) is 54.4 Å². The highest BCUT2D eigenvalue weighted by molar-refractivity contribution is 5.96. The smallest absolute Gasteiger partial charge is 0.307 e. The molecule has 4 rings (SSSR count). The number of benzene rings is 3. The van der Waals surface area contributed by atoms with Gasteiger partial charge in [0.05, 0.1) is 6.21 Å². The lowest BCUT2D eigenvalue weighted by molar-refractivity contribution is 0.0929. The number of ether oxygens (including phenoxy) is 1. The molecule has 5 nitrogen and oxygen atoms in total. The SMILES string of the molecule is Cc1ccc(COc2ccc(/C=N/NC(=O)c3cc4ccccc4o3)cc2)cc1. The summed E-state index contributed by atoms with van der Waals surface area (Å²) in [6, 6.07) is 24.9. The van der Waals surface area contributed by atoms with E-state index in [2.05, 4.69) is 41.7 Å². The molecule has 0 fully saturated rings. The Labute approximate surface area is 168 Å². The molecule has 0 aliphatic carbocycles. The number of hydrogen-bond acceptors (Lipinski definition) is 4. The quantitative estimate of drug-likeness (QED) is 0.372. The Morgan fingerprint density at radius 2 is 1.79 bits per heavy atom. The molecule has 0 saturated heterocycles. The molecule has 144 valence electrons. The molecule has 0 spiro atoms. The van der Waals surface area contributed by atoms with Gasteiger partial charge in [-0.2, -0.15) is 5.10 Å². The molecule has 1 N–H and O–H groups in total. The molecule has 0 atom stereocenters. The first kappa shape index (κ1) is 18.5. The van der Waals surface area contributed by atoms with Crippen molar-refractivity contribution < 1.29 is 13.9 Å². The summed E-state index contributed by atoms with van der Waals surface area (Å²) in [5.41, 5.74) is 6.34. The van der Waals surface area contributed by atoms with Gasteiger partial charge in [-0.3, -0.25) is 4.79 Å². The highest BCUT2D eigenvalue weighted by Crippen LogP contribution is 2.18. The lowest BCUT2D eigenvalue weighted by atomic mass is 10.2. The third-order valence-electron chi connectivity index (χ3n) is 4.44. The molecule has 5 heteroatoms. The van der Waals surface area contributed by atoms with Crippen molar-refractivity contribution >= 4 is 23.1 Å². The number of aryl methyl sites for hydroxylation is 1. The number of nitrogens with zero attached hydrogens (tertiary/aromatic N) is 1. The van der Waals surface area contributed by atoms with Crippen molar-refractivity contribution in [3.8, 4) is 5.75 Å². The van der Waals surface area contributed by atoms with Gasteiger partial charge in [0.25, 0.3) is 0 Å². The number of furan rings is 1. The van der Waals surface area contributed by atoms with Gasteiger partial charge in [-0.25, -0.2) is 5.43 Å². The van der Waals surface area contributed by atoms with Crippen molar-refractivity contribution in [3.63, 3.8) is 0 Å². The second kappa shape index (κ2) is 8.44.